The van der Waals surface area contributed by atoms with E-state index in [1.165, 1.54) is 49.6 Å². The van der Waals surface area contributed by atoms with Crippen LogP contribution in [0.1, 0.15) is 26.3 Å². The quantitative estimate of drug-likeness (QED) is 0.160. The summed E-state index contributed by atoms with van der Waals surface area (Å²) in [5.41, 5.74) is 13.8. The van der Waals surface area contributed by atoms with E-state index < -0.39 is 0 Å². The van der Waals surface area contributed by atoms with Crippen LogP contribution in [0.15, 0.2) is 206 Å². The molecule has 64 heavy (non-hydrogen) atoms. The highest BCUT2D eigenvalue weighted by molar-refractivity contribution is 6.19. The molecule has 0 saturated heterocycles. The van der Waals surface area contributed by atoms with E-state index in [4.69, 9.17) is 9.72 Å². The summed E-state index contributed by atoms with van der Waals surface area (Å²) in [6.45, 7) is 7.33. The Balaban J connectivity index is 0.964. The predicted octanol–water partition coefficient (Wildman–Crippen LogP) is 15.3. The van der Waals surface area contributed by atoms with Gasteiger partial charge in [-0.25, -0.2) is 4.98 Å². The fraction of sp³-hybridized carbons (Fsp3) is 0.0862. The van der Waals surface area contributed by atoms with Gasteiger partial charge in [0.2, 0.25) is 0 Å². The molecule has 4 heterocycles. The monoisotopic (exact) mass is 827 g/mol. The zero-order chi connectivity index (χ0) is 42.9. The second kappa shape index (κ2) is 14.8. The molecule has 308 valence electrons. The van der Waals surface area contributed by atoms with Crippen LogP contribution in [0.2, 0.25) is 0 Å². The van der Waals surface area contributed by atoms with Gasteiger partial charge < -0.3 is 19.1 Å². The smallest absolute Gasteiger partial charge is 0.137 e. The van der Waals surface area contributed by atoms with Crippen LogP contribution >= 0.6 is 0 Å². The maximum absolute atomic E-state index is 6.80. The second-order valence-corrected chi connectivity index (χ2v) is 17.7. The molecule has 6 nitrogen and oxygen atoms in total. The van der Waals surface area contributed by atoms with Gasteiger partial charge in [0, 0.05) is 56.8 Å². The van der Waals surface area contributed by atoms with Crippen LogP contribution in [0, 0.1) is 0 Å². The molecule has 0 radical (unpaired) electrons. The minimum absolute atomic E-state index is 0.0110. The molecule has 0 fully saturated rings. The van der Waals surface area contributed by atoms with Gasteiger partial charge >= 0.3 is 0 Å². The molecule has 0 saturated carbocycles. The average molecular weight is 828 g/mol. The van der Waals surface area contributed by atoms with Crippen LogP contribution in [0.5, 0.6) is 11.5 Å². The molecule has 8 aromatic carbocycles. The van der Waals surface area contributed by atoms with E-state index in [1.54, 1.807) is 0 Å². The lowest BCUT2D eigenvalue weighted by molar-refractivity contribution is 0.483. The van der Waals surface area contributed by atoms with E-state index in [0.717, 1.165) is 56.5 Å². The third kappa shape index (κ3) is 6.13. The molecular formula is C58H45N5O. The molecule has 0 atom stereocenters. The van der Waals surface area contributed by atoms with E-state index in [-0.39, 0.29) is 5.41 Å². The number of benzene rings is 8. The Morgan fingerprint density at radius 2 is 1.11 bits per heavy atom. The topological polar surface area (TPSA) is 38.5 Å². The lowest BCUT2D eigenvalue weighted by Gasteiger charge is -2.26. The van der Waals surface area contributed by atoms with Crippen molar-refractivity contribution < 1.29 is 4.74 Å². The van der Waals surface area contributed by atoms with Crippen LogP contribution in [-0.4, -0.2) is 20.8 Å². The number of nitrogens with zero attached hydrogens (tertiary/aromatic N) is 5. The van der Waals surface area contributed by atoms with Gasteiger partial charge in [-0.1, -0.05) is 130 Å². The predicted molar refractivity (Wildman–Crippen MR) is 266 cm³/mol. The highest BCUT2D eigenvalue weighted by Gasteiger charge is 2.32. The maximum Gasteiger partial charge on any atom is 0.137 e. The molecule has 0 aliphatic carbocycles. The van der Waals surface area contributed by atoms with Crippen LogP contribution in [0.4, 0.5) is 22.7 Å². The molecule has 11 aromatic rings. The number of hydrogen-bond donors (Lipinski definition) is 0. The standard InChI is InChI=1S/C58H45N5O/c1-58(2,3)40-33-34-59-55(35-40)63-49-25-12-10-23-46(49)47-30-29-44(37-54(47)63)64-43-22-16-21-42(36-43)60-38-61(52-28-15-14-27-51(52)60)57-45(39-17-6-4-7-18-39)31-32-53-56(57)48-24-11-13-26-50(48)62(53)41-19-8-5-9-20-41/h4-37H,38H2,1-3H3. The van der Waals surface area contributed by atoms with Crippen molar-refractivity contribution in [3.63, 3.8) is 0 Å². The summed E-state index contributed by atoms with van der Waals surface area (Å²) in [5, 5.41) is 4.78. The zero-order valence-corrected chi connectivity index (χ0v) is 36.0. The van der Waals surface area contributed by atoms with Crippen LogP contribution in [0.25, 0.3) is 66.2 Å². The largest absolute Gasteiger partial charge is 0.457 e. The molecule has 0 spiro atoms. The molecule has 0 bridgehead atoms. The summed E-state index contributed by atoms with van der Waals surface area (Å²) in [6, 6.07) is 71.4. The number of anilines is 4. The van der Waals surface area contributed by atoms with Gasteiger partial charge in [-0.3, -0.25) is 4.57 Å². The van der Waals surface area contributed by atoms with Crippen LogP contribution in [-0.2, 0) is 5.41 Å². The molecule has 0 N–H and O–H groups in total. The van der Waals surface area contributed by atoms with Crippen molar-refractivity contribution in [2.45, 2.75) is 26.2 Å². The molecule has 0 amide bonds. The van der Waals surface area contributed by atoms with Crippen molar-refractivity contribution in [3.8, 4) is 34.1 Å². The molecule has 0 unspecified atom stereocenters. The van der Waals surface area contributed by atoms with Crippen molar-refractivity contribution >= 4 is 66.4 Å². The molecule has 1 aliphatic rings. The molecular weight excluding hydrogens is 783 g/mol. The Hall–Kier alpha value is -8.09. The van der Waals surface area contributed by atoms with Gasteiger partial charge in [-0.2, -0.15) is 0 Å². The lowest BCUT2D eigenvalue weighted by Crippen LogP contribution is -2.24. The highest BCUT2D eigenvalue weighted by atomic mass is 16.5. The van der Waals surface area contributed by atoms with Crippen molar-refractivity contribution in [1.82, 2.24) is 14.1 Å². The summed E-state index contributed by atoms with van der Waals surface area (Å²) in [7, 11) is 0. The first-order valence-electron chi connectivity index (χ1n) is 22.0. The summed E-state index contributed by atoms with van der Waals surface area (Å²) in [6.07, 6.45) is 1.92. The SMILES string of the molecule is CC(C)(C)c1ccnc(-n2c3ccccc3c3ccc(Oc4cccc(N5CN(c6c(-c7ccccc7)ccc7c6c6ccccc6n7-c6ccccc6)c6ccccc65)c4)cc32)c1. The summed E-state index contributed by atoms with van der Waals surface area (Å²) < 4.78 is 11.5. The fourth-order valence-electron chi connectivity index (χ4n) is 9.77. The number of pyridine rings is 1. The van der Waals surface area contributed by atoms with E-state index in [1.807, 2.05) is 12.3 Å². The van der Waals surface area contributed by atoms with Crippen LogP contribution in [0.3, 0.4) is 0 Å². The van der Waals surface area contributed by atoms with E-state index >= 15 is 0 Å². The number of ether oxygens (including phenoxy) is 1. The summed E-state index contributed by atoms with van der Waals surface area (Å²) in [5.74, 6) is 2.42. The highest BCUT2D eigenvalue weighted by Crippen LogP contribution is 2.51. The molecule has 3 aromatic heterocycles. The molecule has 1 aliphatic heterocycles. The lowest BCUT2D eigenvalue weighted by atomic mass is 9.88. The second-order valence-electron chi connectivity index (χ2n) is 17.7. The van der Waals surface area contributed by atoms with E-state index in [9.17, 15) is 0 Å². The Morgan fingerprint density at radius 1 is 0.469 bits per heavy atom. The van der Waals surface area contributed by atoms with Crippen LogP contribution < -0.4 is 14.5 Å². The van der Waals surface area contributed by atoms with Gasteiger partial charge in [-0.15, -0.1) is 0 Å². The summed E-state index contributed by atoms with van der Waals surface area (Å²) >= 11 is 0. The van der Waals surface area contributed by atoms with Crippen molar-refractivity contribution in [2.75, 3.05) is 16.5 Å². The van der Waals surface area contributed by atoms with E-state index in [2.05, 4.69) is 234 Å². The number of aromatic nitrogens is 3. The third-order valence-electron chi connectivity index (χ3n) is 12.8. The minimum Gasteiger partial charge on any atom is -0.457 e. The summed E-state index contributed by atoms with van der Waals surface area (Å²) in [4.78, 5) is 9.80. The van der Waals surface area contributed by atoms with Crippen molar-refractivity contribution in [1.29, 1.82) is 0 Å². The number of hydrogen-bond acceptors (Lipinski definition) is 4. The van der Waals surface area contributed by atoms with Gasteiger partial charge in [0.25, 0.3) is 0 Å². The average Bonchev–Trinajstić information content (AvgIpc) is 4.00. The first kappa shape index (κ1) is 37.7. The Morgan fingerprint density at radius 3 is 1.89 bits per heavy atom. The fourth-order valence-corrected chi connectivity index (χ4v) is 9.77. The minimum atomic E-state index is -0.0110. The first-order valence-corrected chi connectivity index (χ1v) is 22.0. The van der Waals surface area contributed by atoms with E-state index in [0.29, 0.717) is 6.67 Å². The third-order valence-corrected chi connectivity index (χ3v) is 12.8. The normalized spacial score (nSPS) is 12.8. The molecule has 12 rings (SSSR count). The van der Waals surface area contributed by atoms with Gasteiger partial charge in [-0.05, 0) is 95.4 Å². The number of fused-ring (bicyclic) bond motifs is 7. The zero-order valence-electron chi connectivity index (χ0n) is 36.0. The van der Waals surface area contributed by atoms with Gasteiger partial charge in [0.1, 0.15) is 24.0 Å². The Bertz CT molecular complexity index is 3560. The first-order chi connectivity index (χ1) is 31.4. The van der Waals surface area contributed by atoms with Crippen molar-refractivity contribution in [3.05, 3.63) is 212 Å². The Labute approximate surface area is 372 Å². The molecule has 6 heteroatoms. The van der Waals surface area contributed by atoms with Gasteiger partial charge in [0.15, 0.2) is 0 Å². The maximum atomic E-state index is 6.80. The number of rotatable bonds is 7. The number of para-hydroxylation sites is 5. The van der Waals surface area contributed by atoms with Gasteiger partial charge in [0.05, 0.1) is 39.1 Å². The van der Waals surface area contributed by atoms with Crippen molar-refractivity contribution in [2.24, 2.45) is 0 Å². The Kier molecular flexibility index (Phi) is 8.70.